The van der Waals surface area contributed by atoms with E-state index in [1.807, 2.05) is 52.3 Å². The Morgan fingerprint density at radius 3 is 2.63 bits per heavy atom. The van der Waals surface area contributed by atoms with E-state index in [1.165, 1.54) is 12.8 Å². The fourth-order valence-electron chi connectivity index (χ4n) is 5.28. The monoisotopic (exact) mass is 473 g/mol. The van der Waals surface area contributed by atoms with Crippen LogP contribution < -0.4 is 20.3 Å². The highest BCUT2D eigenvalue weighted by Gasteiger charge is 2.32. The molecule has 3 heterocycles. The Bertz CT molecular complexity index is 1210. The lowest BCUT2D eigenvalue weighted by atomic mass is 10.0. The molecule has 2 aliphatic heterocycles. The van der Waals surface area contributed by atoms with Crippen molar-refractivity contribution in [3.05, 3.63) is 65.5 Å². The molecule has 0 saturated carbocycles. The normalized spacial score (nSPS) is 20.1. The minimum atomic E-state index is -0.184. The SMILES string of the molecule is CCOc1cc(-c2cnn(C)c2)cc([C@@H](C)NC(=O)c2cc(N3C[C@H]4CC[C@@H](C3)N4)ccc2C)c1. The average Bonchev–Trinajstić information content (AvgIpc) is 3.43. The third kappa shape index (κ3) is 5.05. The van der Waals surface area contributed by atoms with Crippen LogP contribution >= 0.6 is 0 Å². The summed E-state index contributed by atoms with van der Waals surface area (Å²) >= 11 is 0. The summed E-state index contributed by atoms with van der Waals surface area (Å²) in [5.74, 6) is 0.733. The van der Waals surface area contributed by atoms with E-state index in [0.717, 1.165) is 52.3 Å². The number of hydrogen-bond donors (Lipinski definition) is 2. The van der Waals surface area contributed by atoms with Gasteiger partial charge in [0, 0.05) is 55.2 Å². The number of nitrogens with zero attached hydrogens (tertiary/aromatic N) is 3. The first-order valence-electron chi connectivity index (χ1n) is 12.6. The van der Waals surface area contributed by atoms with E-state index in [2.05, 4.69) is 44.9 Å². The van der Waals surface area contributed by atoms with Gasteiger partial charge in [-0.25, -0.2) is 0 Å². The first-order valence-corrected chi connectivity index (χ1v) is 12.6. The minimum Gasteiger partial charge on any atom is -0.494 e. The fraction of sp³-hybridized carbons (Fsp3) is 0.429. The summed E-state index contributed by atoms with van der Waals surface area (Å²) in [5.41, 5.74) is 5.87. The second-order valence-corrected chi connectivity index (χ2v) is 9.86. The van der Waals surface area contributed by atoms with Gasteiger partial charge in [-0.3, -0.25) is 9.48 Å². The summed E-state index contributed by atoms with van der Waals surface area (Å²) < 4.78 is 7.61. The van der Waals surface area contributed by atoms with Crippen molar-refractivity contribution in [2.75, 3.05) is 24.6 Å². The zero-order valence-electron chi connectivity index (χ0n) is 21.0. The van der Waals surface area contributed by atoms with Gasteiger partial charge in [0.2, 0.25) is 0 Å². The van der Waals surface area contributed by atoms with Gasteiger partial charge in [-0.2, -0.15) is 5.10 Å². The molecule has 7 heteroatoms. The molecule has 0 spiro atoms. The smallest absolute Gasteiger partial charge is 0.252 e. The average molecular weight is 474 g/mol. The number of rotatable bonds is 7. The van der Waals surface area contributed by atoms with E-state index in [0.29, 0.717) is 18.7 Å². The number of anilines is 1. The number of fused-ring (bicyclic) bond motifs is 2. The minimum absolute atomic E-state index is 0.0558. The van der Waals surface area contributed by atoms with Gasteiger partial charge in [0.25, 0.3) is 5.91 Å². The molecule has 7 nitrogen and oxygen atoms in total. The summed E-state index contributed by atoms with van der Waals surface area (Å²) in [6, 6.07) is 13.3. The molecular weight excluding hydrogens is 438 g/mol. The third-order valence-electron chi connectivity index (χ3n) is 7.17. The van der Waals surface area contributed by atoms with Crippen molar-refractivity contribution in [2.24, 2.45) is 7.05 Å². The maximum Gasteiger partial charge on any atom is 0.252 e. The standard InChI is InChI=1S/C28H35N5O2/c1-5-35-26-11-20(10-21(12-26)22-14-29-32(4)15-22)19(3)30-28(34)27-13-25(9-6-18(27)2)33-16-23-7-8-24(17-33)31-23/h6,9-15,19,23-24,31H,5,7-8,16-17H2,1-4H3,(H,30,34)/t19-,23-,24+/m1/s1. The molecule has 1 amide bonds. The van der Waals surface area contributed by atoms with Crippen LogP contribution in [0.1, 0.15) is 54.2 Å². The first-order chi connectivity index (χ1) is 16.9. The number of carbonyl (C=O) groups excluding carboxylic acids is 1. The van der Waals surface area contributed by atoms with Crippen LogP contribution in [0.3, 0.4) is 0 Å². The number of ether oxygens (including phenoxy) is 1. The lowest BCUT2D eigenvalue weighted by Gasteiger charge is -2.35. The van der Waals surface area contributed by atoms with Crippen LogP contribution in [0, 0.1) is 6.92 Å². The van der Waals surface area contributed by atoms with Gasteiger partial charge < -0.3 is 20.3 Å². The highest BCUT2D eigenvalue weighted by molar-refractivity contribution is 5.97. The Kier molecular flexibility index (Phi) is 6.52. The van der Waals surface area contributed by atoms with Crippen molar-refractivity contribution < 1.29 is 9.53 Å². The Labute approximate surface area is 207 Å². The van der Waals surface area contributed by atoms with Crippen molar-refractivity contribution in [1.29, 1.82) is 0 Å². The molecule has 2 saturated heterocycles. The number of aromatic nitrogens is 2. The predicted octanol–water partition coefficient (Wildman–Crippen LogP) is 4.23. The molecule has 1 aromatic heterocycles. The van der Waals surface area contributed by atoms with E-state index in [1.54, 1.807) is 4.68 Å². The highest BCUT2D eigenvalue weighted by atomic mass is 16.5. The first kappa shape index (κ1) is 23.4. The van der Waals surface area contributed by atoms with Crippen molar-refractivity contribution >= 4 is 11.6 Å². The van der Waals surface area contributed by atoms with E-state index in [4.69, 9.17) is 4.74 Å². The maximum absolute atomic E-state index is 13.4. The lowest BCUT2D eigenvalue weighted by molar-refractivity contribution is 0.0939. The molecule has 0 unspecified atom stereocenters. The van der Waals surface area contributed by atoms with E-state index < -0.39 is 0 Å². The van der Waals surface area contributed by atoms with Crippen LogP contribution in [0.4, 0.5) is 5.69 Å². The number of piperazine rings is 1. The number of amides is 1. The molecule has 2 aromatic carbocycles. The molecule has 2 aliphatic rings. The van der Waals surface area contributed by atoms with Gasteiger partial charge >= 0.3 is 0 Å². The molecule has 5 rings (SSSR count). The van der Waals surface area contributed by atoms with Gasteiger partial charge in [-0.15, -0.1) is 0 Å². The predicted molar refractivity (Wildman–Crippen MR) is 139 cm³/mol. The second kappa shape index (κ2) is 9.74. The molecule has 2 bridgehead atoms. The van der Waals surface area contributed by atoms with E-state index >= 15 is 0 Å². The molecule has 184 valence electrons. The molecule has 35 heavy (non-hydrogen) atoms. The second-order valence-electron chi connectivity index (χ2n) is 9.86. The number of aryl methyl sites for hydroxylation is 2. The summed E-state index contributed by atoms with van der Waals surface area (Å²) in [4.78, 5) is 15.8. The number of nitrogens with one attached hydrogen (secondary N) is 2. The van der Waals surface area contributed by atoms with E-state index in [9.17, 15) is 4.79 Å². The number of hydrogen-bond acceptors (Lipinski definition) is 5. The molecular formula is C28H35N5O2. The van der Waals surface area contributed by atoms with E-state index in [-0.39, 0.29) is 11.9 Å². The summed E-state index contributed by atoms with van der Waals surface area (Å²) in [6.07, 6.45) is 6.30. The zero-order chi connectivity index (χ0) is 24.5. The van der Waals surface area contributed by atoms with Gasteiger partial charge in [0.1, 0.15) is 5.75 Å². The fourth-order valence-corrected chi connectivity index (χ4v) is 5.28. The Hall–Kier alpha value is -3.32. The number of carbonyl (C=O) groups is 1. The Morgan fingerprint density at radius 1 is 1.17 bits per heavy atom. The molecule has 0 aliphatic carbocycles. The summed E-state index contributed by atoms with van der Waals surface area (Å²) in [6.45, 7) is 8.57. The van der Waals surface area contributed by atoms with Crippen LogP contribution in [-0.4, -0.2) is 47.5 Å². The number of benzene rings is 2. The molecule has 2 N–H and O–H groups in total. The molecule has 3 atom stereocenters. The third-order valence-corrected chi connectivity index (χ3v) is 7.17. The van der Waals surface area contributed by atoms with Crippen molar-refractivity contribution in [2.45, 2.75) is 51.7 Å². The van der Waals surface area contributed by atoms with Gasteiger partial charge in [0.15, 0.2) is 0 Å². The highest BCUT2D eigenvalue weighted by Crippen LogP contribution is 2.30. The summed E-state index contributed by atoms with van der Waals surface area (Å²) in [7, 11) is 1.90. The molecule has 2 fully saturated rings. The topological polar surface area (TPSA) is 71.4 Å². The quantitative estimate of drug-likeness (QED) is 0.538. The van der Waals surface area contributed by atoms with Gasteiger partial charge in [-0.1, -0.05) is 6.07 Å². The largest absolute Gasteiger partial charge is 0.494 e. The lowest BCUT2D eigenvalue weighted by Crippen LogP contribution is -2.51. The zero-order valence-corrected chi connectivity index (χ0v) is 21.0. The van der Waals surface area contributed by atoms with Crippen molar-refractivity contribution in [1.82, 2.24) is 20.4 Å². The van der Waals surface area contributed by atoms with Crippen LogP contribution in [-0.2, 0) is 7.05 Å². The Balaban J connectivity index is 1.36. The van der Waals surface area contributed by atoms with Crippen molar-refractivity contribution in [3.8, 4) is 16.9 Å². The van der Waals surface area contributed by atoms with Gasteiger partial charge in [-0.05, 0) is 80.6 Å². The van der Waals surface area contributed by atoms with Gasteiger partial charge in [0.05, 0.1) is 18.8 Å². The van der Waals surface area contributed by atoms with Crippen LogP contribution in [0.5, 0.6) is 5.75 Å². The Morgan fingerprint density at radius 2 is 1.94 bits per heavy atom. The van der Waals surface area contributed by atoms with Crippen LogP contribution in [0.2, 0.25) is 0 Å². The van der Waals surface area contributed by atoms with Crippen LogP contribution in [0.25, 0.3) is 11.1 Å². The molecule has 0 radical (unpaired) electrons. The summed E-state index contributed by atoms with van der Waals surface area (Å²) in [5, 5.41) is 11.2. The van der Waals surface area contributed by atoms with Crippen LogP contribution in [0.15, 0.2) is 48.8 Å². The van der Waals surface area contributed by atoms with Crippen molar-refractivity contribution in [3.63, 3.8) is 0 Å². The molecule has 3 aromatic rings. The maximum atomic E-state index is 13.4.